The van der Waals surface area contributed by atoms with E-state index in [2.05, 4.69) is 0 Å². The molecule has 0 unspecified atom stereocenters. The lowest BCUT2D eigenvalue weighted by molar-refractivity contribution is -0.129. The Bertz CT molecular complexity index is 743. The number of amides is 1. The van der Waals surface area contributed by atoms with E-state index in [4.69, 9.17) is 0 Å². The van der Waals surface area contributed by atoms with Gasteiger partial charge in [-0.05, 0) is 37.2 Å². The minimum Gasteiger partial charge on any atom is -0.339 e. The highest BCUT2D eigenvalue weighted by atomic mass is 32.2. The monoisotopic (exact) mass is 396 g/mol. The third kappa shape index (κ3) is 5.11. The summed E-state index contributed by atoms with van der Waals surface area (Å²) in [6.07, 6.45) is 0. The number of hydrogen-bond acceptors (Lipinski definition) is 4. The van der Waals surface area contributed by atoms with Gasteiger partial charge in [0.25, 0.3) is 0 Å². The summed E-state index contributed by atoms with van der Waals surface area (Å²) in [5.74, 6) is -1.32. The van der Waals surface area contributed by atoms with Crippen molar-refractivity contribution in [3.8, 4) is 0 Å². The van der Waals surface area contributed by atoms with Crippen molar-refractivity contribution in [1.82, 2.24) is 9.21 Å². The number of alkyl halides is 3. The van der Waals surface area contributed by atoms with Crippen LogP contribution in [0.5, 0.6) is 0 Å². The second-order valence-corrected chi connectivity index (χ2v) is 8.73. The van der Waals surface area contributed by atoms with Gasteiger partial charge in [-0.15, -0.1) is 0 Å². The molecular weight excluding hydrogens is 377 g/mol. The lowest BCUT2D eigenvalue weighted by Gasteiger charge is -2.34. The molecule has 1 aromatic rings. The first kappa shape index (κ1) is 20.1. The van der Waals surface area contributed by atoms with E-state index in [1.54, 1.807) is 25.1 Å². The Morgan fingerprint density at radius 3 is 2.28 bits per heavy atom. The number of benzene rings is 1. The Morgan fingerprint density at radius 2 is 1.76 bits per heavy atom. The maximum Gasteiger partial charge on any atom is 0.442 e. The van der Waals surface area contributed by atoms with Crippen molar-refractivity contribution in [3.05, 3.63) is 29.3 Å². The van der Waals surface area contributed by atoms with Gasteiger partial charge >= 0.3 is 5.51 Å². The second kappa shape index (κ2) is 7.55. The summed E-state index contributed by atoms with van der Waals surface area (Å²) in [7, 11) is -3.68. The van der Waals surface area contributed by atoms with Crippen LogP contribution in [0.2, 0.25) is 0 Å². The summed E-state index contributed by atoms with van der Waals surface area (Å²) in [6, 6.07) is 5.05. The summed E-state index contributed by atoms with van der Waals surface area (Å²) >= 11 is -0.381. The summed E-state index contributed by atoms with van der Waals surface area (Å²) in [4.78, 5) is 13.3. The fourth-order valence-corrected chi connectivity index (χ4v) is 4.74. The Labute approximate surface area is 149 Å². The number of piperazine rings is 1. The first-order chi connectivity index (χ1) is 11.5. The molecule has 0 saturated carbocycles. The molecule has 1 aliphatic rings. The first-order valence-electron chi connectivity index (χ1n) is 7.56. The molecule has 0 aliphatic carbocycles. The third-order valence-corrected chi connectivity index (χ3v) is 6.68. The standard InChI is InChI=1S/C15H19F3N2O3S2/c1-11-3-4-13(12(2)9-11)25(22,23)20-7-5-19(6-8-20)14(21)10-24-15(16,17)18/h3-4,9H,5-8,10H2,1-2H3. The molecular formula is C15H19F3N2O3S2. The van der Waals surface area contributed by atoms with Crippen LogP contribution in [0.4, 0.5) is 13.2 Å². The molecule has 0 aromatic heterocycles. The van der Waals surface area contributed by atoms with Crippen LogP contribution in [0.15, 0.2) is 23.1 Å². The highest BCUT2D eigenvalue weighted by Crippen LogP contribution is 2.30. The molecule has 0 bridgehead atoms. The molecule has 1 aromatic carbocycles. The Balaban J connectivity index is 2.00. The van der Waals surface area contributed by atoms with Gasteiger partial charge in [0.1, 0.15) is 0 Å². The second-order valence-electron chi connectivity index (χ2n) is 5.79. The van der Waals surface area contributed by atoms with E-state index in [-0.39, 0.29) is 42.8 Å². The first-order valence-corrected chi connectivity index (χ1v) is 9.99. The highest BCUT2D eigenvalue weighted by molar-refractivity contribution is 8.00. The van der Waals surface area contributed by atoms with Crippen molar-refractivity contribution in [2.24, 2.45) is 0 Å². The average molecular weight is 396 g/mol. The minimum atomic E-state index is -4.45. The fraction of sp³-hybridized carbons (Fsp3) is 0.533. The van der Waals surface area contributed by atoms with E-state index in [1.807, 2.05) is 6.92 Å². The van der Waals surface area contributed by atoms with Gasteiger partial charge in [0.05, 0.1) is 10.6 Å². The molecule has 10 heteroatoms. The number of halogens is 3. The van der Waals surface area contributed by atoms with Crippen molar-refractivity contribution >= 4 is 27.7 Å². The number of carbonyl (C=O) groups is 1. The van der Waals surface area contributed by atoms with Crippen LogP contribution in [-0.4, -0.2) is 61.0 Å². The maximum absolute atomic E-state index is 12.7. The lowest BCUT2D eigenvalue weighted by Crippen LogP contribution is -2.51. The lowest BCUT2D eigenvalue weighted by atomic mass is 10.2. The molecule has 1 fully saturated rings. The Hall–Kier alpha value is -1.26. The van der Waals surface area contributed by atoms with Crippen LogP contribution in [0, 0.1) is 13.8 Å². The van der Waals surface area contributed by atoms with Gasteiger partial charge in [-0.25, -0.2) is 8.42 Å². The van der Waals surface area contributed by atoms with E-state index < -0.39 is 27.2 Å². The van der Waals surface area contributed by atoms with Gasteiger partial charge in [0, 0.05) is 26.2 Å². The molecule has 1 amide bonds. The number of sulfonamides is 1. The van der Waals surface area contributed by atoms with Crippen molar-refractivity contribution < 1.29 is 26.4 Å². The van der Waals surface area contributed by atoms with Crippen LogP contribution in [0.25, 0.3) is 0 Å². The smallest absolute Gasteiger partial charge is 0.339 e. The molecule has 0 atom stereocenters. The summed E-state index contributed by atoms with van der Waals surface area (Å²) in [5, 5.41) is 0. The zero-order chi connectivity index (χ0) is 18.8. The number of nitrogens with zero attached hydrogens (tertiary/aromatic N) is 2. The largest absolute Gasteiger partial charge is 0.442 e. The van der Waals surface area contributed by atoms with Gasteiger partial charge in [-0.1, -0.05) is 17.7 Å². The van der Waals surface area contributed by atoms with Crippen molar-refractivity contribution in [2.75, 3.05) is 31.9 Å². The van der Waals surface area contributed by atoms with Gasteiger partial charge < -0.3 is 4.90 Å². The molecule has 5 nitrogen and oxygen atoms in total. The maximum atomic E-state index is 12.7. The number of thioether (sulfide) groups is 1. The summed E-state index contributed by atoms with van der Waals surface area (Å²) in [5.41, 5.74) is -2.86. The average Bonchev–Trinajstić information content (AvgIpc) is 2.51. The molecule has 25 heavy (non-hydrogen) atoms. The normalized spacial score (nSPS) is 16.9. The highest BCUT2D eigenvalue weighted by Gasteiger charge is 2.33. The van der Waals surface area contributed by atoms with E-state index in [0.717, 1.165) is 5.56 Å². The Kier molecular flexibility index (Phi) is 6.05. The summed E-state index contributed by atoms with van der Waals surface area (Å²) in [6.45, 7) is 3.89. The van der Waals surface area contributed by atoms with Crippen LogP contribution < -0.4 is 0 Å². The van der Waals surface area contributed by atoms with Crippen molar-refractivity contribution in [2.45, 2.75) is 24.3 Å². The zero-order valence-corrected chi connectivity index (χ0v) is 15.5. The number of rotatable bonds is 4. The predicted molar refractivity (Wildman–Crippen MR) is 89.8 cm³/mol. The Morgan fingerprint density at radius 1 is 1.16 bits per heavy atom. The predicted octanol–water partition coefficient (Wildman–Crippen LogP) is 2.39. The molecule has 0 spiro atoms. The number of aryl methyl sites for hydroxylation is 2. The van der Waals surface area contributed by atoms with E-state index in [9.17, 15) is 26.4 Å². The molecule has 1 aliphatic heterocycles. The topological polar surface area (TPSA) is 57.7 Å². The van der Waals surface area contributed by atoms with Crippen LogP contribution >= 0.6 is 11.8 Å². The van der Waals surface area contributed by atoms with Crippen LogP contribution in [0.3, 0.4) is 0 Å². The van der Waals surface area contributed by atoms with Crippen molar-refractivity contribution in [1.29, 1.82) is 0 Å². The molecule has 1 saturated heterocycles. The van der Waals surface area contributed by atoms with Gasteiger partial charge in [0.15, 0.2) is 0 Å². The fourth-order valence-electron chi connectivity index (χ4n) is 2.64. The van der Waals surface area contributed by atoms with Crippen molar-refractivity contribution in [3.63, 3.8) is 0 Å². The summed E-state index contributed by atoms with van der Waals surface area (Å²) < 4.78 is 63.2. The van der Waals surface area contributed by atoms with Gasteiger partial charge in [-0.2, -0.15) is 17.5 Å². The van der Waals surface area contributed by atoms with E-state index in [1.165, 1.54) is 9.21 Å². The number of carbonyl (C=O) groups excluding carboxylic acids is 1. The molecule has 140 valence electrons. The zero-order valence-electron chi connectivity index (χ0n) is 13.8. The molecule has 0 N–H and O–H groups in total. The van der Waals surface area contributed by atoms with E-state index in [0.29, 0.717) is 5.56 Å². The van der Waals surface area contributed by atoms with Crippen LogP contribution in [-0.2, 0) is 14.8 Å². The van der Waals surface area contributed by atoms with Gasteiger partial charge in [-0.3, -0.25) is 4.79 Å². The van der Waals surface area contributed by atoms with E-state index >= 15 is 0 Å². The minimum absolute atomic E-state index is 0.0675. The third-order valence-electron chi connectivity index (χ3n) is 3.90. The number of hydrogen-bond donors (Lipinski definition) is 0. The SMILES string of the molecule is Cc1ccc(S(=O)(=O)N2CCN(C(=O)CSC(F)(F)F)CC2)c(C)c1. The quantitative estimate of drug-likeness (QED) is 0.784. The molecule has 1 heterocycles. The molecule has 2 rings (SSSR count). The van der Waals surface area contributed by atoms with Crippen LogP contribution in [0.1, 0.15) is 11.1 Å². The van der Waals surface area contributed by atoms with Gasteiger partial charge in [0.2, 0.25) is 15.9 Å². The molecule has 0 radical (unpaired) electrons.